The van der Waals surface area contributed by atoms with Gasteiger partial charge in [0.2, 0.25) is 0 Å². The minimum Gasteiger partial charge on any atom is -0.340 e. The molecule has 1 aromatic heterocycles. The van der Waals surface area contributed by atoms with E-state index in [4.69, 9.17) is 11.6 Å². The molecule has 1 heterocycles. The normalized spacial score (nSPS) is 10.6. The van der Waals surface area contributed by atoms with Crippen LogP contribution < -0.4 is 5.32 Å². The van der Waals surface area contributed by atoms with Crippen LogP contribution in [0.15, 0.2) is 42.7 Å². The second kappa shape index (κ2) is 5.53. The van der Waals surface area contributed by atoms with E-state index in [1.807, 2.05) is 0 Å². The lowest BCUT2D eigenvalue weighted by atomic mass is 10.2. The third-order valence-corrected chi connectivity index (χ3v) is 3.32. The molecule has 0 spiro atoms. The van der Waals surface area contributed by atoms with Gasteiger partial charge in [0, 0.05) is 23.2 Å². The first-order valence-electron chi connectivity index (χ1n) is 6.16. The molecule has 22 heavy (non-hydrogen) atoms. The van der Waals surface area contributed by atoms with Crippen molar-refractivity contribution in [2.75, 3.05) is 5.32 Å². The summed E-state index contributed by atoms with van der Waals surface area (Å²) in [6, 6.07) is 8.46. The number of nitro benzene ring substituents is 1. The van der Waals surface area contributed by atoms with Crippen LogP contribution in [0.2, 0.25) is 5.02 Å². The van der Waals surface area contributed by atoms with E-state index in [0.29, 0.717) is 22.4 Å². The number of nitrogens with zero attached hydrogens (tertiary/aromatic N) is 3. The lowest BCUT2D eigenvalue weighted by molar-refractivity contribution is -0.384. The molecule has 0 radical (unpaired) electrons. The molecule has 0 aliphatic carbocycles. The highest BCUT2D eigenvalue weighted by atomic mass is 35.5. The van der Waals surface area contributed by atoms with Crippen LogP contribution in [0.5, 0.6) is 0 Å². The quantitative estimate of drug-likeness (QED) is 0.581. The Morgan fingerprint density at radius 3 is 2.73 bits per heavy atom. The Morgan fingerprint density at radius 1 is 1.18 bits per heavy atom. The van der Waals surface area contributed by atoms with Gasteiger partial charge >= 0.3 is 0 Å². The van der Waals surface area contributed by atoms with Crippen molar-refractivity contribution in [1.82, 2.24) is 9.97 Å². The summed E-state index contributed by atoms with van der Waals surface area (Å²) >= 11 is 5.63. The van der Waals surface area contributed by atoms with Gasteiger partial charge in [-0.3, -0.25) is 10.1 Å². The lowest BCUT2D eigenvalue weighted by Gasteiger charge is -2.08. The van der Waals surface area contributed by atoms with E-state index in [2.05, 4.69) is 15.3 Å². The van der Waals surface area contributed by atoms with E-state index in [1.165, 1.54) is 36.7 Å². The van der Waals surface area contributed by atoms with Gasteiger partial charge in [-0.25, -0.2) is 14.4 Å². The van der Waals surface area contributed by atoms with E-state index in [-0.39, 0.29) is 10.7 Å². The number of hydrogen-bond acceptors (Lipinski definition) is 5. The zero-order valence-electron chi connectivity index (χ0n) is 11.0. The highest BCUT2D eigenvalue weighted by Gasteiger charge is 2.11. The van der Waals surface area contributed by atoms with E-state index >= 15 is 0 Å². The Balaban J connectivity index is 2.07. The summed E-state index contributed by atoms with van der Waals surface area (Å²) in [5, 5.41) is 14.3. The molecular weight excluding hydrogens is 311 g/mol. The minimum absolute atomic E-state index is 0.00809. The second-order valence-corrected chi connectivity index (χ2v) is 4.84. The molecule has 6 nitrogen and oxygen atoms in total. The highest BCUT2D eigenvalue weighted by Crippen LogP contribution is 2.27. The molecule has 8 heteroatoms. The number of non-ortho nitro benzene ring substituents is 1. The van der Waals surface area contributed by atoms with Gasteiger partial charge in [0.15, 0.2) is 0 Å². The number of hydrogen-bond donors (Lipinski definition) is 1. The van der Waals surface area contributed by atoms with E-state index in [9.17, 15) is 14.5 Å². The molecule has 3 aromatic rings. The number of nitro groups is 1. The number of rotatable bonds is 3. The topological polar surface area (TPSA) is 81.0 Å². The maximum absolute atomic E-state index is 13.5. The van der Waals surface area contributed by atoms with Crippen LogP contribution in [0.4, 0.5) is 21.6 Å². The Kier molecular flexibility index (Phi) is 3.56. The molecule has 0 bridgehead atoms. The third-order valence-electron chi connectivity index (χ3n) is 3.01. The van der Waals surface area contributed by atoms with Crippen LogP contribution in [0.25, 0.3) is 10.9 Å². The molecule has 1 N–H and O–H groups in total. The zero-order chi connectivity index (χ0) is 15.7. The summed E-state index contributed by atoms with van der Waals surface area (Å²) < 4.78 is 13.5. The molecule has 2 aromatic carbocycles. The van der Waals surface area contributed by atoms with Crippen molar-refractivity contribution in [3.63, 3.8) is 0 Å². The fraction of sp³-hybridized carbons (Fsp3) is 0. The van der Waals surface area contributed by atoms with Gasteiger partial charge in [0.05, 0.1) is 15.5 Å². The van der Waals surface area contributed by atoms with Gasteiger partial charge in [-0.15, -0.1) is 0 Å². The number of fused-ring (bicyclic) bond motifs is 1. The first-order chi connectivity index (χ1) is 10.5. The molecule has 0 aliphatic heterocycles. The fourth-order valence-electron chi connectivity index (χ4n) is 1.97. The first kappa shape index (κ1) is 14.2. The molecule has 0 fully saturated rings. The lowest BCUT2D eigenvalue weighted by Crippen LogP contribution is -1.97. The first-order valence-corrected chi connectivity index (χ1v) is 6.53. The van der Waals surface area contributed by atoms with Crippen LogP contribution in [0, 0.1) is 15.9 Å². The van der Waals surface area contributed by atoms with Gasteiger partial charge in [0.1, 0.15) is 18.0 Å². The summed E-state index contributed by atoms with van der Waals surface area (Å²) in [7, 11) is 0. The van der Waals surface area contributed by atoms with E-state index < -0.39 is 10.7 Å². The van der Waals surface area contributed by atoms with Crippen molar-refractivity contribution in [3.05, 3.63) is 63.7 Å². The summed E-state index contributed by atoms with van der Waals surface area (Å²) in [6.45, 7) is 0. The standard InChI is InChI=1S/C14H8ClFN4O2/c15-11-3-1-8(5-12(11)16)19-14-10-6-9(20(21)22)2-4-13(10)17-7-18-14/h1-7H,(H,17,18,19). The van der Waals surface area contributed by atoms with Crippen molar-refractivity contribution >= 4 is 39.7 Å². The van der Waals surface area contributed by atoms with Gasteiger partial charge in [-0.1, -0.05) is 11.6 Å². The molecular formula is C14H8ClFN4O2. The van der Waals surface area contributed by atoms with Crippen LogP contribution in [0.1, 0.15) is 0 Å². The predicted molar refractivity (Wildman–Crippen MR) is 80.9 cm³/mol. The van der Waals surface area contributed by atoms with Gasteiger partial charge in [-0.2, -0.15) is 0 Å². The molecule has 3 rings (SSSR count). The van der Waals surface area contributed by atoms with Crippen molar-refractivity contribution in [1.29, 1.82) is 0 Å². The third kappa shape index (κ3) is 2.66. The summed E-state index contributed by atoms with van der Waals surface area (Å²) in [4.78, 5) is 18.5. The monoisotopic (exact) mass is 318 g/mol. The van der Waals surface area contributed by atoms with Crippen molar-refractivity contribution in [2.45, 2.75) is 0 Å². The number of benzene rings is 2. The molecule has 110 valence electrons. The van der Waals surface area contributed by atoms with Gasteiger partial charge in [0.25, 0.3) is 5.69 Å². The Bertz CT molecular complexity index is 888. The zero-order valence-corrected chi connectivity index (χ0v) is 11.7. The van der Waals surface area contributed by atoms with Crippen molar-refractivity contribution in [2.24, 2.45) is 0 Å². The number of aromatic nitrogens is 2. The summed E-state index contributed by atoms with van der Waals surface area (Å²) in [6.07, 6.45) is 1.32. The van der Waals surface area contributed by atoms with Crippen LogP contribution in [-0.4, -0.2) is 14.9 Å². The maximum atomic E-state index is 13.5. The Morgan fingerprint density at radius 2 is 2.00 bits per heavy atom. The largest absolute Gasteiger partial charge is 0.340 e. The second-order valence-electron chi connectivity index (χ2n) is 4.43. The number of halogens is 2. The smallest absolute Gasteiger partial charge is 0.270 e. The van der Waals surface area contributed by atoms with Gasteiger partial charge < -0.3 is 5.32 Å². The molecule has 0 atom stereocenters. The Hall–Kier alpha value is -2.80. The SMILES string of the molecule is O=[N+]([O-])c1ccc2ncnc(Nc3ccc(Cl)c(F)c3)c2c1. The highest BCUT2D eigenvalue weighted by molar-refractivity contribution is 6.30. The van der Waals surface area contributed by atoms with Gasteiger partial charge in [-0.05, 0) is 24.3 Å². The number of anilines is 2. The summed E-state index contributed by atoms with van der Waals surface area (Å²) in [5.41, 5.74) is 0.888. The minimum atomic E-state index is -0.573. The van der Waals surface area contributed by atoms with Crippen LogP contribution >= 0.6 is 11.6 Å². The Labute approximate surface area is 128 Å². The van der Waals surface area contributed by atoms with Crippen LogP contribution in [0.3, 0.4) is 0 Å². The molecule has 0 amide bonds. The fourth-order valence-corrected chi connectivity index (χ4v) is 2.09. The van der Waals surface area contributed by atoms with Crippen molar-refractivity contribution < 1.29 is 9.31 Å². The van der Waals surface area contributed by atoms with E-state index in [1.54, 1.807) is 6.07 Å². The van der Waals surface area contributed by atoms with E-state index in [0.717, 1.165) is 0 Å². The molecule has 0 unspecified atom stereocenters. The van der Waals surface area contributed by atoms with Crippen molar-refractivity contribution in [3.8, 4) is 0 Å². The molecule has 0 saturated carbocycles. The average Bonchev–Trinajstić information content (AvgIpc) is 2.51. The predicted octanol–water partition coefficient (Wildman–Crippen LogP) is 4.07. The maximum Gasteiger partial charge on any atom is 0.270 e. The number of nitrogens with one attached hydrogen (secondary N) is 1. The molecule has 0 aliphatic rings. The summed E-state index contributed by atoms with van der Waals surface area (Å²) in [5.74, 6) is -0.230. The average molecular weight is 319 g/mol. The van der Waals surface area contributed by atoms with Crippen LogP contribution in [-0.2, 0) is 0 Å². The molecule has 0 saturated heterocycles.